The van der Waals surface area contributed by atoms with Crippen LogP contribution in [-0.4, -0.2) is 21.8 Å². The Morgan fingerprint density at radius 2 is 1.62 bits per heavy atom. The molecule has 0 bridgehead atoms. The van der Waals surface area contributed by atoms with Gasteiger partial charge in [0.2, 0.25) is 0 Å². The molecule has 0 aliphatic heterocycles. The van der Waals surface area contributed by atoms with E-state index in [9.17, 15) is 14.0 Å². The number of aromatic nitrogens is 2. The van der Waals surface area contributed by atoms with E-state index in [1.165, 1.54) is 18.3 Å². The molecule has 0 spiro atoms. The number of Topliss-reactive ketones (excluding diaryl/α,β-unsaturated/α-hetero) is 2. The fraction of sp³-hybridized carbons (Fsp3) is 0.105. The molecule has 0 saturated heterocycles. The number of carbonyl (C=O) groups excluding carboxylic acids is 2. The predicted molar refractivity (Wildman–Crippen MR) is 87.5 cm³/mol. The quantitative estimate of drug-likeness (QED) is 0.708. The van der Waals surface area contributed by atoms with Crippen LogP contribution < -0.4 is 0 Å². The molecular weight excluding hydrogens is 307 g/mol. The van der Waals surface area contributed by atoms with Crippen LogP contribution >= 0.6 is 0 Å². The van der Waals surface area contributed by atoms with Gasteiger partial charge in [-0.1, -0.05) is 42.5 Å². The second kappa shape index (κ2) is 7.00. The summed E-state index contributed by atoms with van der Waals surface area (Å²) in [4.78, 5) is 24.7. The van der Waals surface area contributed by atoms with Gasteiger partial charge in [0, 0.05) is 24.0 Å². The number of benzene rings is 2. The Balaban J connectivity index is 1.74. The lowest BCUT2D eigenvalue weighted by Crippen LogP contribution is -2.10. The Labute approximate surface area is 138 Å². The highest BCUT2D eigenvalue weighted by Crippen LogP contribution is 2.14. The molecule has 24 heavy (non-hydrogen) atoms. The molecule has 3 aromatic rings. The van der Waals surface area contributed by atoms with Crippen molar-refractivity contribution in [3.8, 4) is 0 Å². The third-order valence-corrected chi connectivity index (χ3v) is 3.72. The van der Waals surface area contributed by atoms with Crippen LogP contribution in [0.25, 0.3) is 0 Å². The van der Waals surface area contributed by atoms with E-state index in [4.69, 9.17) is 0 Å². The number of aromatic amines is 1. The molecule has 0 aliphatic carbocycles. The predicted octanol–water partition coefficient (Wildman–Crippen LogP) is 3.40. The Morgan fingerprint density at radius 3 is 2.33 bits per heavy atom. The number of nitrogens with zero attached hydrogens (tertiary/aromatic N) is 1. The van der Waals surface area contributed by atoms with Crippen molar-refractivity contribution >= 4 is 11.6 Å². The zero-order valence-electron chi connectivity index (χ0n) is 12.8. The minimum absolute atomic E-state index is 0.0761. The van der Waals surface area contributed by atoms with E-state index < -0.39 is 0 Å². The molecule has 120 valence electrons. The summed E-state index contributed by atoms with van der Waals surface area (Å²) in [6.45, 7) is 0. The highest BCUT2D eigenvalue weighted by atomic mass is 19.1. The van der Waals surface area contributed by atoms with Crippen molar-refractivity contribution in [3.63, 3.8) is 0 Å². The number of H-pyrrole nitrogens is 1. The monoisotopic (exact) mass is 322 g/mol. The molecule has 1 heterocycles. The maximum absolute atomic E-state index is 12.9. The third kappa shape index (κ3) is 3.63. The van der Waals surface area contributed by atoms with Gasteiger partial charge in [-0.3, -0.25) is 14.7 Å². The lowest BCUT2D eigenvalue weighted by molar-refractivity contribution is 0.0985. The van der Waals surface area contributed by atoms with Gasteiger partial charge < -0.3 is 0 Å². The summed E-state index contributed by atoms with van der Waals surface area (Å²) in [6.07, 6.45) is 1.72. The van der Waals surface area contributed by atoms with Gasteiger partial charge in [0.05, 0.1) is 6.20 Å². The molecule has 1 N–H and O–H groups in total. The molecule has 0 fully saturated rings. The first kappa shape index (κ1) is 15.8. The van der Waals surface area contributed by atoms with Crippen molar-refractivity contribution in [3.05, 3.63) is 89.0 Å². The van der Waals surface area contributed by atoms with E-state index in [0.717, 1.165) is 0 Å². The van der Waals surface area contributed by atoms with Crippen molar-refractivity contribution in [2.75, 3.05) is 0 Å². The van der Waals surface area contributed by atoms with E-state index >= 15 is 0 Å². The first-order valence-electron chi connectivity index (χ1n) is 7.51. The largest absolute Gasteiger partial charge is 0.294 e. The Bertz CT molecular complexity index is 855. The zero-order chi connectivity index (χ0) is 16.9. The number of nitrogens with one attached hydrogen (secondary N) is 1. The van der Waals surface area contributed by atoms with E-state index in [-0.39, 0.29) is 30.2 Å². The van der Waals surface area contributed by atoms with Crippen LogP contribution in [0, 0.1) is 5.82 Å². The molecule has 0 saturated carbocycles. The Kier molecular flexibility index (Phi) is 4.61. The van der Waals surface area contributed by atoms with Crippen LogP contribution in [0.15, 0.2) is 60.8 Å². The summed E-state index contributed by atoms with van der Waals surface area (Å²) in [7, 11) is 0. The molecule has 0 radical (unpaired) electrons. The first-order valence-corrected chi connectivity index (χ1v) is 7.51. The van der Waals surface area contributed by atoms with Gasteiger partial charge in [0.15, 0.2) is 11.6 Å². The molecule has 5 heteroatoms. The summed E-state index contributed by atoms with van der Waals surface area (Å²) in [5, 5.41) is 6.56. The van der Waals surface area contributed by atoms with Gasteiger partial charge in [-0.15, -0.1) is 0 Å². The highest BCUT2D eigenvalue weighted by molar-refractivity contribution is 6.01. The van der Waals surface area contributed by atoms with Crippen molar-refractivity contribution in [2.45, 2.75) is 12.8 Å². The highest BCUT2D eigenvalue weighted by Gasteiger charge is 2.17. The lowest BCUT2D eigenvalue weighted by atomic mass is 10.00. The van der Waals surface area contributed by atoms with E-state index in [0.29, 0.717) is 22.4 Å². The van der Waals surface area contributed by atoms with Crippen LogP contribution in [0.2, 0.25) is 0 Å². The Morgan fingerprint density at radius 1 is 0.917 bits per heavy atom. The standard InChI is InChI=1S/C19H15FN2O2/c20-16-8-6-13(7-9-16)10-18(24)19-15(12-21-22-19)11-17(23)14-4-2-1-3-5-14/h1-9,12H,10-11H2,(H,21,22). The summed E-state index contributed by atoms with van der Waals surface area (Å²) in [5.41, 5.74) is 2.19. The molecule has 0 unspecified atom stereocenters. The number of hydrogen-bond acceptors (Lipinski definition) is 3. The summed E-state index contributed by atoms with van der Waals surface area (Å²) >= 11 is 0. The number of halogens is 1. The van der Waals surface area contributed by atoms with E-state index in [1.54, 1.807) is 36.4 Å². The molecule has 2 aromatic carbocycles. The number of carbonyl (C=O) groups is 2. The molecule has 4 nitrogen and oxygen atoms in total. The van der Waals surface area contributed by atoms with E-state index in [2.05, 4.69) is 10.2 Å². The molecule has 0 aliphatic rings. The van der Waals surface area contributed by atoms with Gasteiger partial charge in [-0.05, 0) is 17.7 Å². The SMILES string of the molecule is O=C(Cc1cn[nH]c1C(=O)Cc1ccc(F)cc1)c1ccccc1. The van der Waals surface area contributed by atoms with Crippen LogP contribution in [0.1, 0.15) is 32.0 Å². The van der Waals surface area contributed by atoms with Crippen LogP contribution in [-0.2, 0) is 12.8 Å². The number of hydrogen-bond donors (Lipinski definition) is 1. The third-order valence-electron chi connectivity index (χ3n) is 3.72. The van der Waals surface area contributed by atoms with Crippen LogP contribution in [0.5, 0.6) is 0 Å². The summed E-state index contributed by atoms with van der Waals surface area (Å²) < 4.78 is 12.9. The average molecular weight is 322 g/mol. The topological polar surface area (TPSA) is 62.8 Å². The molecule has 3 rings (SSSR count). The Hall–Kier alpha value is -3.08. The van der Waals surface area contributed by atoms with Gasteiger partial charge >= 0.3 is 0 Å². The summed E-state index contributed by atoms with van der Waals surface area (Å²) in [6, 6.07) is 14.7. The van der Waals surface area contributed by atoms with Gasteiger partial charge in [-0.25, -0.2) is 4.39 Å². The maximum atomic E-state index is 12.9. The number of rotatable bonds is 6. The second-order valence-corrected chi connectivity index (χ2v) is 5.46. The van der Waals surface area contributed by atoms with Crippen molar-refractivity contribution in [1.82, 2.24) is 10.2 Å². The average Bonchev–Trinajstić information content (AvgIpc) is 3.06. The fourth-order valence-electron chi connectivity index (χ4n) is 2.46. The normalized spacial score (nSPS) is 10.5. The smallest absolute Gasteiger partial charge is 0.185 e. The molecule has 0 amide bonds. The fourth-order valence-corrected chi connectivity index (χ4v) is 2.46. The van der Waals surface area contributed by atoms with Gasteiger partial charge in [0.25, 0.3) is 0 Å². The minimum atomic E-state index is -0.345. The van der Waals surface area contributed by atoms with Gasteiger partial charge in [0.1, 0.15) is 11.5 Å². The minimum Gasteiger partial charge on any atom is -0.294 e. The van der Waals surface area contributed by atoms with Crippen LogP contribution in [0.3, 0.4) is 0 Å². The van der Waals surface area contributed by atoms with Crippen molar-refractivity contribution in [1.29, 1.82) is 0 Å². The molecule has 0 atom stereocenters. The van der Waals surface area contributed by atoms with Crippen molar-refractivity contribution in [2.24, 2.45) is 0 Å². The zero-order valence-corrected chi connectivity index (χ0v) is 12.8. The summed E-state index contributed by atoms with van der Waals surface area (Å²) in [5.74, 6) is -0.607. The number of ketones is 2. The first-order chi connectivity index (χ1) is 11.6. The molecular formula is C19H15FN2O2. The maximum Gasteiger partial charge on any atom is 0.185 e. The van der Waals surface area contributed by atoms with E-state index in [1.807, 2.05) is 6.07 Å². The molecule has 1 aromatic heterocycles. The lowest BCUT2D eigenvalue weighted by Gasteiger charge is -2.03. The second-order valence-electron chi connectivity index (χ2n) is 5.46. The van der Waals surface area contributed by atoms with Crippen molar-refractivity contribution < 1.29 is 14.0 Å². The van der Waals surface area contributed by atoms with Crippen LogP contribution in [0.4, 0.5) is 4.39 Å². The van der Waals surface area contributed by atoms with Gasteiger partial charge in [-0.2, -0.15) is 5.10 Å².